The first kappa shape index (κ1) is 21.9. The van der Waals surface area contributed by atoms with E-state index in [-0.39, 0.29) is 12.6 Å². The van der Waals surface area contributed by atoms with Gasteiger partial charge in [0.25, 0.3) is 11.1 Å². The van der Waals surface area contributed by atoms with E-state index in [2.05, 4.69) is 28.8 Å². The summed E-state index contributed by atoms with van der Waals surface area (Å²) in [5.41, 5.74) is 3.89. The second-order valence-corrected chi connectivity index (χ2v) is 8.96. The molecule has 6 nitrogen and oxygen atoms in total. The van der Waals surface area contributed by atoms with Gasteiger partial charge in [0.2, 0.25) is 0 Å². The Bertz CT molecular complexity index is 1270. The number of fused-ring (bicyclic) bond motifs is 1. The largest absolute Gasteiger partial charge is 0.462 e. The number of carbonyl (C=O) groups excluding carboxylic acids is 3. The molecular weight excluding hydrogens is 424 g/mol. The average molecular weight is 449 g/mol. The number of esters is 1. The molecule has 0 aliphatic carbocycles. The summed E-state index contributed by atoms with van der Waals surface area (Å²) >= 11 is 0.841. The van der Waals surface area contributed by atoms with Gasteiger partial charge in [-0.15, -0.1) is 0 Å². The third-order valence-corrected chi connectivity index (χ3v) is 6.20. The zero-order chi connectivity index (χ0) is 23.0. The lowest BCUT2D eigenvalue weighted by Crippen LogP contribution is -2.35. The molecule has 0 atom stereocenters. The summed E-state index contributed by atoms with van der Waals surface area (Å²) in [6.07, 6.45) is 1.42. The van der Waals surface area contributed by atoms with Crippen LogP contribution in [0.4, 0.5) is 4.79 Å². The van der Waals surface area contributed by atoms with Gasteiger partial charge in [0, 0.05) is 16.8 Å². The lowest BCUT2D eigenvalue weighted by molar-refractivity contribution is -0.149. The Labute approximate surface area is 190 Å². The predicted molar refractivity (Wildman–Crippen MR) is 127 cm³/mol. The van der Waals surface area contributed by atoms with E-state index in [1.54, 1.807) is 19.9 Å². The topological polar surface area (TPSA) is 68.6 Å². The van der Waals surface area contributed by atoms with Crippen LogP contribution in [0, 0.1) is 13.8 Å². The minimum atomic E-state index is -0.599. The molecule has 1 aliphatic rings. The highest BCUT2D eigenvalue weighted by molar-refractivity contribution is 8.18. The van der Waals surface area contributed by atoms with Crippen molar-refractivity contribution in [1.29, 1.82) is 0 Å². The Kier molecular flexibility index (Phi) is 5.93. The van der Waals surface area contributed by atoms with E-state index < -0.39 is 17.1 Å². The molecule has 1 fully saturated rings. The minimum Gasteiger partial charge on any atom is -0.462 e. The number of aryl methyl sites for hydroxylation is 1. The second-order valence-electron chi connectivity index (χ2n) is 7.97. The number of ether oxygens (including phenoxy) is 1. The number of aromatic nitrogens is 1. The lowest BCUT2D eigenvalue weighted by Gasteiger charge is -2.13. The predicted octanol–water partition coefficient (Wildman–Crippen LogP) is 5.24. The summed E-state index contributed by atoms with van der Waals surface area (Å²) < 4.78 is 7.22. The molecule has 32 heavy (non-hydrogen) atoms. The summed E-state index contributed by atoms with van der Waals surface area (Å²) in [5.74, 6) is -1.08. The average Bonchev–Trinajstić information content (AvgIpc) is 3.16. The molecule has 164 valence electrons. The molecule has 0 N–H and O–H groups in total. The van der Waals surface area contributed by atoms with Gasteiger partial charge in [-0.25, -0.2) is 0 Å². The second kappa shape index (κ2) is 8.67. The zero-order valence-corrected chi connectivity index (χ0v) is 19.2. The first-order chi connectivity index (χ1) is 15.3. The molecular formula is C25H24N2O4S. The summed E-state index contributed by atoms with van der Waals surface area (Å²) in [4.78, 5) is 38.3. The maximum Gasteiger partial charge on any atom is 0.326 e. The first-order valence-electron chi connectivity index (χ1n) is 10.4. The van der Waals surface area contributed by atoms with Gasteiger partial charge in [-0.2, -0.15) is 0 Å². The normalized spacial score (nSPS) is 15.4. The number of benzene rings is 2. The van der Waals surface area contributed by atoms with Crippen molar-refractivity contribution in [2.45, 2.75) is 33.8 Å². The van der Waals surface area contributed by atoms with Crippen LogP contribution in [0.1, 0.15) is 30.8 Å². The van der Waals surface area contributed by atoms with Crippen LogP contribution in [0.2, 0.25) is 0 Å². The van der Waals surface area contributed by atoms with Crippen LogP contribution in [0.25, 0.3) is 22.5 Å². The molecule has 0 radical (unpaired) electrons. The van der Waals surface area contributed by atoms with E-state index in [9.17, 15) is 14.4 Å². The van der Waals surface area contributed by atoms with Crippen LogP contribution in [-0.4, -0.2) is 39.2 Å². The Balaban J connectivity index is 1.67. The number of carbonyl (C=O) groups is 3. The van der Waals surface area contributed by atoms with Crippen molar-refractivity contribution in [3.63, 3.8) is 0 Å². The molecule has 1 saturated heterocycles. The van der Waals surface area contributed by atoms with Gasteiger partial charge in [0.05, 0.1) is 16.7 Å². The van der Waals surface area contributed by atoms with Crippen LogP contribution < -0.4 is 0 Å². The van der Waals surface area contributed by atoms with E-state index in [1.165, 1.54) is 0 Å². The Morgan fingerprint density at radius 1 is 1.09 bits per heavy atom. The molecule has 2 amide bonds. The van der Waals surface area contributed by atoms with E-state index in [1.807, 2.05) is 38.1 Å². The highest BCUT2D eigenvalue weighted by Gasteiger charge is 2.37. The van der Waals surface area contributed by atoms with Crippen LogP contribution >= 0.6 is 11.8 Å². The van der Waals surface area contributed by atoms with Crippen LogP contribution in [-0.2, 0) is 14.3 Å². The molecule has 7 heteroatoms. The minimum absolute atomic E-state index is 0.297. The SMILES string of the molecule is Cc1cc(/C=C2/SC(=O)N(CC(=O)OC(C)C)C2=O)c(C)n1-c1cccc2ccccc12. The number of hydrogen-bond acceptors (Lipinski definition) is 5. The van der Waals surface area contributed by atoms with Gasteiger partial charge in [0.15, 0.2) is 0 Å². The number of amides is 2. The third kappa shape index (κ3) is 4.08. The smallest absolute Gasteiger partial charge is 0.326 e. The maximum atomic E-state index is 12.8. The summed E-state index contributed by atoms with van der Waals surface area (Å²) in [5, 5.41) is 1.81. The van der Waals surface area contributed by atoms with Crippen LogP contribution in [0.5, 0.6) is 0 Å². The molecule has 1 aromatic heterocycles. The number of hydrogen-bond donors (Lipinski definition) is 0. The fourth-order valence-corrected chi connectivity index (χ4v) is 4.74. The van der Waals surface area contributed by atoms with Gasteiger partial charge in [-0.1, -0.05) is 36.4 Å². The number of thioether (sulfide) groups is 1. The Morgan fingerprint density at radius 2 is 1.81 bits per heavy atom. The number of nitrogens with zero attached hydrogens (tertiary/aromatic N) is 2. The Morgan fingerprint density at radius 3 is 2.56 bits per heavy atom. The fourth-order valence-electron chi connectivity index (χ4n) is 3.91. The maximum absolute atomic E-state index is 12.8. The molecule has 2 heterocycles. The van der Waals surface area contributed by atoms with Crippen molar-refractivity contribution in [3.05, 3.63) is 70.4 Å². The van der Waals surface area contributed by atoms with E-state index in [0.29, 0.717) is 4.91 Å². The molecule has 0 saturated carbocycles. The van der Waals surface area contributed by atoms with E-state index in [4.69, 9.17) is 4.74 Å². The molecule has 0 spiro atoms. The van der Waals surface area contributed by atoms with Gasteiger partial charge in [0.1, 0.15) is 6.54 Å². The molecule has 4 rings (SSSR count). The van der Waals surface area contributed by atoms with Gasteiger partial charge in [-0.3, -0.25) is 19.3 Å². The monoisotopic (exact) mass is 448 g/mol. The fraction of sp³-hybridized carbons (Fsp3) is 0.240. The third-order valence-electron chi connectivity index (χ3n) is 5.29. The van der Waals surface area contributed by atoms with Crippen molar-refractivity contribution < 1.29 is 19.1 Å². The molecule has 0 bridgehead atoms. The van der Waals surface area contributed by atoms with Gasteiger partial charge >= 0.3 is 5.97 Å². The van der Waals surface area contributed by atoms with Crippen molar-refractivity contribution in [3.8, 4) is 5.69 Å². The quantitative estimate of drug-likeness (QED) is 0.395. The van der Waals surface area contributed by atoms with Crippen molar-refractivity contribution >= 4 is 45.7 Å². The van der Waals surface area contributed by atoms with Crippen LogP contribution in [0.3, 0.4) is 0 Å². The highest BCUT2D eigenvalue weighted by Crippen LogP contribution is 2.34. The lowest BCUT2D eigenvalue weighted by atomic mass is 10.1. The highest BCUT2D eigenvalue weighted by atomic mass is 32.2. The summed E-state index contributed by atoms with van der Waals surface area (Å²) in [7, 11) is 0. The summed E-state index contributed by atoms with van der Waals surface area (Å²) in [6.45, 7) is 7.06. The van der Waals surface area contributed by atoms with Crippen LogP contribution in [0.15, 0.2) is 53.4 Å². The van der Waals surface area contributed by atoms with E-state index >= 15 is 0 Å². The standard InChI is InChI=1S/C25H24N2O4S/c1-15(2)31-23(28)14-26-24(29)22(32-25(26)30)13-19-12-16(3)27(17(19)4)21-11-7-9-18-8-5-6-10-20(18)21/h5-13,15H,14H2,1-4H3/b22-13+. The van der Waals surface area contributed by atoms with Gasteiger partial charge < -0.3 is 9.30 Å². The first-order valence-corrected chi connectivity index (χ1v) is 11.2. The van der Waals surface area contributed by atoms with Crippen molar-refractivity contribution in [1.82, 2.24) is 9.47 Å². The van der Waals surface area contributed by atoms with Gasteiger partial charge in [-0.05, 0) is 68.6 Å². The molecule has 3 aromatic rings. The van der Waals surface area contributed by atoms with E-state index in [0.717, 1.165) is 50.1 Å². The molecule has 1 aliphatic heterocycles. The molecule has 0 unspecified atom stereocenters. The zero-order valence-electron chi connectivity index (χ0n) is 18.4. The molecule has 2 aromatic carbocycles. The number of imide groups is 1. The van der Waals surface area contributed by atoms with Crippen molar-refractivity contribution in [2.75, 3.05) is 6.54 Å². The Hall–Kier alpha value is -3.32. The summed E-state index contributed by atoms with van der Waals surface area (Å²) in [6, 6.07) is 16.4. The number of rotatable bonds is 5. The van der Waals surface area contributed by atoms with Crippen molar-refractivity contribution in [2.24, 2.45) is 0 Å².